The van der Waals surface area contributed by atoms with E-state index in [4.69, 9.17) is 16.3 Å². The molecule has 2 aromatic rings. The summed E-state index contributed by atoms with van der Waals surface area (Å²) >= 11 is 6.15. The number of hydrogen-bond donors (Lipinski definition) is 0. The maximum Gasteiger partial charge on any atom is 0.218 e. The van der Waals surface area contributed by atoms with E-state index in [0.29, 0.717) is 16.7 Å². The smallest absolute Gasteiger partial charge is 0.218 e. The van der Waals surface area contributed by atoms with Crippen LogP contribution < -0.4 is 4.74 Å². The minimum absolute atomic E-state index is 0.571. The van der Waals surface area contributed by atoms with Crippen LogP contribution in [0, 0.1) is 0 Å². The van der Waals surface area contributed by atoms with Crippen molar-refractivity contribution >= 4 is 11.6 Å². The number of ether oxygens (including phenoxy) is 1. The van der Waals surface area contributed by atoms with Gasteiger partial charge in [-0.3, -0.25) is 0 Å². The fourth-order valence-electron chi connectivity index (χ4n) is 1.49. The maximum absolute atomic E-state index is 6.15. The largest absolute Gasteiger partial charge is 0.481 e. The average molecular weight is 238 g/mol. The Kier molecular flexibility index (Phi) is 3.10. The molecule has 0 amide bonds. The summed E-state index contributed by atoms with van der Waals surface area (Å²) in [5.74, 6) is 1.18. The Bertz CT molecular complexity index is 482. The minimum atomic E-state index is 0.571. The van der Waals surface area contributed by atoms with Gasteiger partial charge in [0.2, 0.25) is 5.88 Å². The first-order valence-electron chi connectivity index (χ1n) is 4.99. The van der Waals surface area contributed by atoms with Crippen molar-refractivity contribution in [2.45, 2.75) is 13.3 Å². The highest BCUT2D eigenvalue weighted by molar-refractivity contribution is 6.32. The van der Waals surface area contributed by atoms with E-state index in [-0.39, 0.29) is 0 Å². The lowest BCUT2D eigenvalue weighted by molar-refractivity contribution is 0.392. The van der Waals surface area contributed by atoms with E-state index in [1.807, 2.05) is 19.1 Å². The highest BCUT2D eigenvalue weighted by Gasteiger charge is 2.11. The van der Waals surface area contributed by atoms with Crippen LogP contribution in [0.15, 0.2) is 24.5 Å². The zero-order valence-corrected chi connectivity index (χ0v) is 9.90. The highest BCUT2D eigenvalue weighted by atomic mass is 35.5. The molecule has 0 spiro atoms. The first-order valence-corrected chi connectivity index (χ1v) is 5.37. The first-order chi connectivity index (χ1) is 7.76. The molecule has 0 N–H and O–H groups in total. The van der Waals surface area contributed by atoms with Crippen molar-refractivity contribution < 1.29 is 4.74 Å². The molecule has 84 valence electrons. The van der Waals surface area contributed by atoms with Gasteiger partial charge in [0.1, 0.15) is 0 Å². The molecular formula is C11H12ClN3O. The molecule has 2 heterocycles. The van der Waals surface area contributed by atoms with Crippen LogP contribution in [0.25, 0.3) is 5.82 Å². The average Bonchev–Trinajstić information content (AvgIpc) is 2.82. The van der Waals surface area contributed by atoms with Gasteiger partial charge in [-0.15, -0.1) is 0 Å². The van der Waals surface area contributed by atoms with Gasteiger partial charge in [0.05, 0.1) is 12.1 Å². The van der Waals surface area contributed by atoms with Crippen molar-refractivity contribution in [1.82, 2.24) is 14.8 Å². The molecule has 0 fully saturated rings. The van der Waals surface area contributed by atoms with Gasteiger partial charge in [-0.1, -0.05) is 18.5 Å². The second-order valence-electron chi connectivity index (χ2n) is 3.27. The molecule has 4 nitrogen and oxygen atoms in total. The van der Waals surface area contributed by atoms with Crippen LogP contribution in [-0.2, 0) is 6.42 Å². The van der Waals surface area contributed by atoms with Gasteiger partial charge in [0.25, 0.3) is 0 Å². The summed E-state index contributed by atoms with van der Waals surface area (Å²) in [6.45, 7) is 2.03. The lowest BCUT2D eigenvalue weighted by atomic mass is 10.2. The van der Waals surface area contributed by atoms with Crippen LogP contribution in [0.5, 0.6) is 5.88 Å². The van der Waals surface area contributed by atoms with Crippen LogP contribution >= 0.6 is 11.6 Å². The number of halogens is 1. The van der Waals surface area contributed by atoms with E-state index in [1.54, 1.807) is 24.2 Å². The van der Waals surface area contributed by atoms with Gasteiger partial charge in [0.15, 0.2) is 5.82 Å². The second kappa shape index (κ2) is 4.53. The van der Waals surface area contributed by atoms with Crippen LogP contribution in [0.4, 0.5) is 0 Å². The van der Waals surface area contributed by atoms with Gasteiger partial charge in [-0.25, -0.2) is 4.68 Å². The molecule has 0 atom stereocenters. The Morgan fingerprint density at radius 1 is 1.50 bits per heavy atom. The van der Waals surface area contributed by atoms with Crippen molar-refractivity contribution in [3.05, 3.63) is 35.1 Å². The van der Waals surface area contributed by atoms with E-state index in [1.165, 1.54) is 0 Å². The summed E-state index contributed by atoms with van der Waals surface area (Å²) in [5.41, 5.74) is 0.989. The standard InChI is InChI=1S/C11H12ClN3O/c1-3-8-7-9(12)10(14-11(8)16-2)15-6-4-5-13-15/h4-7H,3H2,1-2H3. The zero-order chi connectivity index (χ0) is 11.5. The van der Waals surface area contributed by atoms with Crippen LogP contribution in [-0.4, -0.2) is 21.9 Å². The monoisotopic (exact) mass is 237 g/mol. The quantitative estimate of drug-likeness (QED) is 0.824. The van der Waals surface area contributed by atoms with Crippen LogP contribution in [0.3, 0.4) is 0 Å². The zero-order valence-electron chi connectivity index (χ0n) is 9.14. The fraction of sp³-hybridized carbons (Fsp3) is 0.273. The van der Waals surface area contributed by atoms with Crippen molar-refractivity contribution in [1.29, 1.82) is 0 Å². The Morgan fingerprint density at radius 3 is 2.88 bits per heavy atom. The predicted octanol–water partition coefficient (Wildman–Crippen LogP) is 2.49. The molecule has 0 aliphatic heterocycles. The molecule has 0 unspecified atom stereocenters. The van der Waals surface area contributed by atoms with Crippen molar-refractivity contribution in [3.63, 3.8) is 0 Å². The number of aryl methyl sites for hydroxylation is 1. The number of aromatic nitrogens is 3. The summed E-state index contributed by atoms with van der Waals surface area (Å²) in [5, 5.41) is 4.66. The van der Waals surface area contributed by atoms with Crippen LogP contribution in [0.1, 0.15) is 12.5 Å². The van der Waals surface area contributed by atoms with Crippen molar-refractivity contribution in [2.24, 2.45) is 0 Å². The number of rotatable bonds is 3. The molecule has 0 aromatic carbocycles. The predicted molar refractivity (Wildman–Crippen MR) is 62.3 cm³/mol. The Hall–Kier alpha value is -1.55. The van der Waals surface area contributed by atoms with Gasteiger partial charge in [0, 0.05) is 18.0 Å². The summed E-state index contributed by atoms with van der Waals surface area (Å²) in [6.07, 6.45) is 4.30. The molecule has 2 aromatic heterocycles. The van der Waals surface area contributed by atoms with E-state index in [9.17, 15) is 0 Å². The van der Waals surface area contributed by atoms with Gasteiger partial charge < -0.3 is 4.74 Å². The summed E-state index contributed by atoms with van der Waals surface area (Å²) < 4.78 is 6.83. The van der Waals surface area contributed by atoms with E-state index < -0.39 is 0 Å². The third kappa shape index (κ3) is 1.88. The van der Waals surface area contributed by atoms with Gasteiger partial charge in [-0.05, 0) is 18.6 Å². The molecule has 0 aliphatic carbocycles. The molecular weight excluding hydrogens is 226 g/mol. The van der Waals surface area contributed by atoms with Gasteiger partial charge in [-0.2, -0.15) is 10.1 Å². The van der Waals surface area contributed by atoms with E-state index >= 15 is 0 Å². The number of methoxy groups -OCH3 is 1. The number of hydrogen-bond acceptors (Lipinski definition) is 3. The Balaban J connectivity index is 2.55. The molecule has 16 heavy (non-hydrogen) atoms. The normalized spacial score (nSPS) is 10.4. The van der Waals surface area contributed by atoms with E-state index in [0.717, 1.165) is 12.0 Å². The Morgan fingerprint density at radius 2 is 2.31 bits per heavy atom. The lowest BCUT2D eigenvalue weighted by Crippen LogP contribution is -2.03. The summed E-state index contributed by atoms with van der Waals surface area (Å²) in [7, 11) is 1.60. The minimum Gasteiger partial charge on any atom is -0.481 e. The first kappa shape index (κ1) is 11.0. The molecule has 0 saturated heterocycles. The fourth-order valence-corrected chi connectivity index (χ4v) is 1.75. The molecule has 0 saturated carbocycles. The van der Waals surface area contributed by atoms with Gasteiger partial charge >= 0.3 is 0 Å². The van der Waals surface area contributed by atoms with Crippen molar-refractivity contribution in [2.75, 3.05) is 7.11 Å². The summed E-state index contributed by atoms with van der Waals surface area (Å²) in [6, 6.07) is 3.68. The summed E-state index contributed by atoms with van der Waals surface area (Å²) in [4.78, 5) is 4.35. The number of pyridine rings is 1. The SMILES string of the molecule is CCc1cc(Cl)c(-n2cccn2)nc1OC. The Labute approximate surface area is 98.8 Å². The van der Waals surface area contributed by atoms with E-state index in [2.05, 4.69) is 10.1 Å². The highest BCUT2D eigenvalue weighted by Crippen LogP contribution is 2.25. The third-order valence-electron chi connectivity index (χ3n) is 2.29. The molecule has 0 aliphatic rings. The topological polar surface area (TPSA) is 39.9 Å². The molecule has 0 bridgehead atoms. The molecule has 5 heteroatoms. The maximum atomic E-state index is 6.15. The van der Waals surface area contributed by atoms with Crippen molar-refractivity contribution in [3.8, 4) is 11.7 Å². The third-order valence-corrected chi connectivity index (χ3v) is 2.57. The molecule has 2 rings (SSSR count). The lowest BCUT2D eigenvalue weighted by Gasteiger charge is -2.09. The van der Waals surface area contributed by atoms with Crippen LogP contribution in [0.2, 0.25) is 5.02 Å². The number of nitrogens with zero attached hydrogens (tertiary/aromatic N) is 3. The molecule has 0 radical (unpaired) electrons. The second-order valence-corrected chi connectivity index (χ2v) is 3.67.